The zero-order valence-corrected chi connectivity index (χ0v) is 7.28. The first-order valence-corrected chi connectivity index (χ1v) is 4.00. The second-order valence-corrected chi connectivity index (χ2v) is 2.97. The molecule has 5 heteroatoms. The average Bonchev–Trinajstić information content (AvgIpc) is 2.06. The minimum atomic E-state index is -0.448. The van der Waals surface area contributed by atoms with E-state index in [9.17, 15) is 0 Å². The molecule has 1 aromatic rings. The molecule has 5 N–H and O–H groups in total. The number of nitrogens with zero attached hydrogens (tertiary/aromatic N) is 2. The molecular weight excluding hydrogens is 166 g/mol. The van der Waals surface area contributed by atoms with Gasteiger partial charge in [0.2, 0.25) is 0 Å². The summed E-state index contributed by atoms with van der Waals surface area (Å²) in [5.74, 6) is 0.339. The van der Waals surface area contributed by atoms with Crippen molar-refractivity contribution in [1.29, 1.82) is 0 Å². The second-order valence-electron chi connectivity index (χ2n) is 2.97. The first-order valence-electron chi connectivity index (χ1n) is 4.00. The molecule has 0 amide bonds. The number of hydrogen-bond donors (Lipinski definition) is 3. The molecule has 0 bridgehead atoms. The fraction of sp³-hybridized carbons (Fsp3) is 0.250. The van der Waals surface area contributed by atoms with Crippen molar-refractivity contribution >= 4 is 11.6 Å². The van der Waals surface area contributed by atoms with Crippen LogP contribution in [0.15, 0.2) is 17.1 Å². The summed E-state index contributed by atoms with van der Waals surface area (Å²) in [4.78, 5) is 8.24. The van der Waals surface area contributed by atoms with E-state index >= 15 is 0 Å². The van der Waals surface area contributed by atoms with Crippen LogP contribution in [0.2, 0.25) is 0 Å². The number of rotatable bonds is 0. The molecule has 1 aromatic heterocycles. The lowest BCUT2D eigenvalue weighted by Crippen LogP contribution is -2.31. The summed E-state index contributed by atoms with van der Waals surface area (Å²) in [5.41, 5.74) is 13.8. The molecule has 5 nitrogen and oxygen atoms in total. The largest absolute Gasteiger partial charge is 0.370 e. The Balaban J connectivity index is 2.50. The molecule has 0 fully saturated rings. The predicted octanol–water partition coefficient (Wildman–Crippen LogP) is 0.0875. The molecule has 68 valence electrons. The van der Waals surface area contributed by atoms with Crippen LogP contribution >= 0.6 is 0 Å². The third kappa shape index (κ3) is 1.33. The summed E-state index contributed by atoms with van der Waals surface area (Å²) in [7, 11) is 0. The third-order valence-electron chi connectivity index (χ3n) is 1.89. The van der Waals surface area contributed by atoms with Crippen LogP contribution in [0, 0.1) is 6.92 Å². The lowest BCUT2D eigenvalue weighted by Gasteiger charge is -2.19. The van der Waals surface area contributed by atoms with Gasteiger partial charge in [0.15, 0.2) is 5.96 Å². The molecule has 0 spiro atoms. The van der Waals surface area contributed by atoms with E-state index in [1.54, 1.807) is 0 Å². The molecule has 0 aliphatic carbocycles. The van der Waals surface area contributed by atoms with E-state index in [0.29, 0.717) is 5.96 Å². The lowest BCUT2D eigenvalue weighted by atomic mass is 10.2. The summed E-state index contributed by atoms with van der Waals surface area (Å²) in [6.45, 7) is 1.91. The molecule has 1 atom stereocenters. The van der Waals surface area contributed by atoms with Crippen molar-refractivity contribution in [3.63, 3.8) is 0 Å². The highest BCUT2D eigenvalue weighted by Gasteiger charge is 2.17. The molecule has 2 rings (SSSR count). The van der Waals surface area contributed by atoms with Gasteiger partial charge in [-0.3, -0.25) is 4.98 Å². The van der Waals surface area contributed by atoms with Crippen LogP contribution in [0.5, 0.6) is 0 Å². The Morgan fingerprint density at radius 3 is 3.00 bits per heavy atom. The van der Waals surface area contributed by atoms with Gasteiger partial charge in [-0.15, -0.1) is 0 Å². The molecule has 0 saturated carbocycles. The van der Waals surface area contributed by atoms with E-state index < -0.39 is 6.17 Å². The van der Waals surface area contributed by atoms with Gasteiger partial charge in [-0.2, -0.15) is 0 Å². The fourth-order valence-electron chi connectivity index (χ4n) is 1.29. The minimum Gasteiger partial charge on any atom is -0.370 e. The summed E-state index contributed by atoms with van der Waals surface area (Å²) in [5, 5.41) is 2.90. The standard InChI is InChI=1S/C8H11N5/c1-4-2-3-5-6(11-4)7(9)13-8(10)12-5/h2-3,7H,9H2,1H3,(H3,10,12,13). The first kappa shape index (κ1) is 8.00. The van der Waals surface area contributed by atoms with Gasteiger partial charge in [-0.05, 0) is 19.1 Å². The van der Waals surface area contributed by atoms with E-state index in [1.807, 2.05) is 19.1 Å². The van der Waals surface area contributed by atoms with E-state index in [2.05, 4.69) is 15.3 Å². The number of aliphatic imine (C=N–C) groups is 1. The number of pyridine rings is 1. The molecule has 0 radical (unpaired) electrons. The Bertz CT molecular complexity index is 371. The molecule has 1 unspecified atom stereocenters. The number of nitrogens with two attached hydrogens (primary N) is 2. The molecular formula is C8H11N5. The number of fused-ring (bicyclic) bond motifs is 1. The van der Waals surface area contributed by atoms with Crippen LogP contribution in [-0.2, 0) is 0 Å². The Kier molecular flexibility index (Phi) is 1.66. The topological polar surface area (TPSA) is 89.3 Å². The van der Waals surface area contributed by atoms with Gasteiger partial charge in [0.1, 0.15) is 11.9 Å². The zero-order chi connectivity index (χ0) is 9.42. The fourth-order valence-corrected chi connectivity index (χ4v) is 1.29. The maximum Gasteiger partial charge on any atom is 0.195 e. The summed E-state index contributed by atoms with van der Waals surface area (Å²) < 4.78 is 0. The Morgan fingerprint density at radius 1 is 1.46 bits per heavy atom. The second kappa shape index (κ2) is 2.70. The smallest absolute Gasteiger partial charge is 0.195 e. The van der Waals surface area contributed by atoms with Crippen molar-refractivity contribution in [3.05, 3.63) is 23.5 Å². The number of aryl methyl sites for hydroxylation is 1. The minimum absolute atomic E-state index is 0.339. The highest BCUT2D eigenvalue weighted by Crippen LogP contribution is 2.23. The van der Waals surface area contributed by atoms with Gasteiger partial charge in [-0.25, -0.2) is 4.99 Å². The van der Waals surface area contributed by atoms with Crippen LogP contribution in [-0.4, -0.2) is 10.9 Å². The number of hydrogen-bond acceptors (Lipinski definition) is 5. The van der Waals surface area contributed by atoms with Gasteiger partial charge in [-0.1, -0.05) is 0 Å². The van der Waals surface area contributed by atoms with Crippen LogP contribution in [0.3, 0.4) is 0 Å². The van der Waals surface area contributed by atoms with Crippen LogP contribution in [0.4, 0.5) is 5.69 Å². The van der Waals surface area contributed by atoms with Crippen LogP contribution < -0.4 is 16.8 Å². The van der Waals surface area contributed by atoms with E-state index in [4.69, 9.17) is 11.5 Å². The summed E-state index contributed by atoms with van der Waals surface area (Å²) >= 11 is 0. The normalized spacial score (nSPS) is 20.2. The highest BCUT2D eigenvalue weighted by molar-refractivity contribution is 5.94. The zero-order valence-electron chi connectivity index (χ0n) is 7.28. The van der Waals surface area contributed by atoms with Crippen molar-refractivity contribution in [2.45, 2.75) is 13.1 Å². The Labute approximate surface area is 75.9 Å². The predicted molar refractivity (Wildman–Crippen MR) is 51.1 cm³/mol. The quantitative estimate of drug-likeness (QED) is 0.523. The number of nitrogens with one attached hydrogen (secondary N) is 1. The number of guanidine groups is 1. The number of aromatic nitrogens is 1. The maximum absolute atomic E-state index is 5.74. The molecule has 1 aliphatic heterocycles. The van der Waals surface area contributed by atoms with Crippen LogP contribution in [0.25, 0.3) is 0 Å². The van der Waals surface area contributed by atoms with E-state index in [0.717, 1.165) is 17.1 Å². The van der Waals surface area contributed by atoms with Crippen molar-refractivity contribution in [2.24, 2.45) is 16.5 Å². The highest BCUT2D eigenvalue weighted by atomic mass is 15.2. The Morgan fingerprint density at radius 2 is 2.23 bits per heavy atom. The molecule has 1 aliphatic rings. The van der Waals surface area contributed by atoms with Crippen molar-refractivity contribution < 1.29 is 0 Å². The van der Waals surface area contributed by atoms with E-state index in [1.165, 1.54) is 0 Å². The van der Waals surface area contributed by atoms with Gasteiger partial charge in [0.05, 0.1) is 5.69 Å². The van der Waals surface area contributed by atoms with Gasteiger partial charge in [0, 0.05) is 5.69 Å². The lowest BCUT2D eigenvalue weighted by molar-refractivity contribution is 0.732. The summed E-state index contributed by atoms with van der Waals surface area (Å²) in [6, 6.07) is 3.80. The van der Waals surface area contributed by atoms with Gasteiger partial charge in [0.25, 0.3) is 0 Å². The third-order valence-corrected chi connectivity index (χ3v) is 1.89. The molecule has 0 aromatic carbocycles. The van der Waals surface area contributed by atoms with Gasteiger partial charge >= 0.3 is 0 Å². The van der Waals surface area contributed by atoms with Crippen molar-refractivity contribution in [2.75, 3.05) is 5.32 Å². The van der Waals surface area contributed by atoms with Gasteiger partial charge < -0.3 is 16.8 Å². The molecule has 2 heterocycles. The molecule has 0 saturated heterocycles. The van der Waals surface area contributed by atoms with Crippen molar-refractivity contribution in [1.82, 2.24) is 4.98 Å². The van der Waals surface area contributed by atoms with Crippen LogP contribution in [0.1, 0.15) is 17.6 Å². The van der Waals surface area contributed by atoms with Crippen molar-refractivity contribution in [3.8, 4) is 0 Å². The van der Waals surface area contributed by atoms with E-state index in [-0.39, 0.29) is 0 Å². The average molecular weight is 177 g/mol. The number of anilines is 1. The maximum atomic E-state index is 5.74. The SMILES string of the molecule is Cc1ccc2c(n1)C(N)N=C(N)N2. The monoisotopic (exact) mass is 177 g/mol. The molecule has 13 heavy (non-hydrogen) atoms. The Hall–Kier alpha value is -1.62. The first-order chi connectivity index (χ1) is 6.16. The summed E-state index contributed by atoms with van der Waals surface area (Å²) in [6.07, 6.45) is -0.448.